The molecule has 4 nitrogen and oxygen atoms in total. The molecule has 0 spiro atoms. The smallest absolute Gasteiger partial charge is 0.269 e. The summed E-state index contributed by atoms with van der Waals surface area (Å²) < 4.78 is 15.2. The molecule has 0 saturated carbocycles. The molecule has 0 aliphatic carbocycles. The van der Waals surface area contributed by atoms with E-state index in [0.29, 0.717) is 21.3 Å². The van der Waals surface area contributed by atoms with E-state index < -0.39 is 5.82 Å². The molecule has 6 heteroatoms. The van der Waals surface area contributed by atoms with Crippen molar-refractivity contribution in [2.45, 2.75) is 13.5 Å². The molecule has 0 atom stereocenters. The average Bonchev–Trinajstić information content (AvgIpc) is 2.77. The molecule has 104 valence electrons. The lowest BCUT2D eigenvalue weighted by Gasteiger charge is -1.93. The summed E-state index contributed by atoms with van der Waals surface area (Å²) in [6.07, 6.45) is 1.55. The summed E-state index contributed by atoms with van der Waals surface area (Å²) in [7, 11) is 0. The number of aromatic nitrogens is 1. The number of nitrogens with zero attached hydrogens (tertiary/aromatic N) is 3. The summed E-state index contributed by atoms with van der Waals surface area (Å²) in [6, 6.07) is 9.44. The Labute approximate surface area is 123 Å². The molecule has 0 bridgehead atoms. The molecule has 0 N–H and O–H groups in total. The molecule has 0 fully saturated rings. The zero-order valence-corrected chi connectivity index (χ0v) is 11.9. The molecule has 1 aromatic heterocycles. The van der Waals surface area contributed by atoms with Crippen LogP contribution in [0.25, 0.3) is 11.6 Å². The summed E-state index contributed by atoms with van der Waals surface area (Å²) in [5.41, 5.74) is 0.168. The van der Waals surface area contributed by atoms with Gasteiger partial charge in [0, 0.05) is 6.54 Å². The van der Waals surface area contributed by atoms with Crippen LogP contribution in [0.3, 0.4) is 0 Å². The van der Waals surface area contributed by atoms with E-state index in [0.717, 1.165) is 11.3 Å². The van der Waals surface area contributed by atoms with E-state index in [4.69, 9.17) is 10.5 Å². The van der Waals surface area contributed by atoms with Crippen LogP contribution in [0.5, 0.6) is 0 Å². The van der Waals surface area contributed by atoms with Gasteiger partial charge in [0.05, 0.1) is 4.53 Å². The van der Waals surface area contributed by atoms with Crippen molar-refractivity contribution < 1.29 is 4.39 Å². The van der Waals surface area contributed by atoms with E-state index in [1.165, 1.54) is 16.7 Å². The highest BCUT2D eigenvalue weighted by Gasteiger charge is 2.07. The van der Waals surface area contributed by atoms with E-state index >= 15 is 0 Å². The van der Waals surface area contributed by atoms with Crippen molar-refractivity contribution in [2.24, 2.45) is 0 Å². The second-order valence-electron chi connectivity index (χ2n) is 4.12. The molecule has 1 aromatic carbocycles. The highest BCUT2D eigenvalue weighted by molar-refractivity contribution is 7.07. The lowest BCUT2D eigenvalue weighted by molar-refractivity contribution is 0.627. The number of halogens is 1. The minimum absolute atomic E-state index is 0.0992. The van der Waals surface area contributed by atoms with Gasteiger partial charge in [-0.1, -0.05) is 12.1 Å². The van der Waals surface area contributed by atoms with Crippen LogP contribution in [0.4, 0.5) is 4.39 Å². The molecule has 0 unspecified atom stereocenters. The fourth-order valence-electron chi connectivity index (χ4n) is 1.86. The molecule has 0 aliphatic rings. The summed E-state index contributed by atoms with van der Waals surface area (Å²) in [6.45, 7) is 2.12. The molecule has 0 aliphatic heterocycles. The van der Waals surface area contributed by atoms with Crippen LogP contribution in [-0.2, 0) is 6.54 Å². The first-order valence-electron chi connectivity index (χ1n) is 6.12. The Balaban J connectivity index is 2.81. The van der Waals surface area contributed by atoms with Crippen molar-refractivity contribution in [3.05, 3.63) is 55.2 Å². The van der Waals surface area contributed by atoms with Gasteiger partial charge in [0.15, 0.2) is 5.57 Å². The van der Waals surface area contributed by atoms with E-state index in [2.05, 4.69) is 0 Å². The molecular weight excluding hydrogens is 289 g/mol. The van der Waals surface area contributed by atoms with Gasteiger partial charge in [-0.3, -0.25) is 9.36 Å². The second kappa shape index (κ2) is 6.17. The minimum atomic E-state index is -0.391. The minimum Gasteiger partial charge on any atom is -0.298 e. The lowest BCUT2D eigenvalue weighted by Crippen LogP contribution is -2.31. The molecule has 0 saturated heterocycles. The van der Waals surface area contributed by atoms with Crippen LogP contribution in [0.1, 0.15) is 12.5 Å². The van der Waals surface area contributed by atoms with Crippen molar-refractivity contribution in [3.8, 4) is 12.1 Å². The maximum absolute atomic E-state index is 13.2. The molecule has 2 aromatic rings. The Morgan fingerprint density at radius 2 is 2.14 bits per heavy atom. The van der Waals surface area contributed by atoms with Crippen LogP contribution in [-0.4, -0.2) is 4.57 Å². The Morgan fingerprint density at radius 1 is 1.43 bits per heavy atom. The molecule has 1 heterocycles. The van der Waals surface area contributed by atoms with Gasteiger partial charge in [-0.25, -0.2) is 4.39 Å². The van der Waals surface area contributed by atoms with Crippen molar-refractivity contribution in [1.29, 1.82) is 10.5 Å². The zero-order chi connectivity index (χ0) is 15.4. The third-order valence-corrected chi connectivity index (χ3v) is 3.94. The van der Waals surface area contributed by atoms with Crippen LogP contribution in [0.2, 0.25) is 0 Å². The summed E-state index contributed by atoms with van der Waals surface area (Å²) in [4.78, 5) is 12.3. The maximum Gasteiger partial charge on any atom is 0.269 e. The predicted molar refractivity (Wildman–Crippen MR) is 78.1 cm³/mol. The normalized spacial score (nSPS) is 11.0. The van der Waals surface area contributed by atoms with E-state index in [-0.39, 0.29) is 11.1 Å². The average molecular weight is 299 g/mol. The van der Waals surface area contributed by atoms with E-state index in [1.807, 2.05) is 0 Å². The lowest BCUT2D eigenvalue weighted by atomic mass is 10.2. The predicted octanol–water partition coefficient (Wildman–Crippen LogP) is 1.10. The van der Waals surface area contributed by atoms with E-state index in [9.17, 15) is 9.18 Å². The fourth-order valence-corrected chi connectivity index (χ4v) is 2.98. The van der Waals surface area contributed by atoms with Gasteiger partial charge in [-0.15, -0.1) is 11.3 Å². The highest BCUT2D eigenvalue weighted by Crippen LogP contribution is 2.03. The van der Waals surface area contributed by atoms with Crippen molar-refractivity contribution in [2.75, 3.05) is 0 Å². The highest BCUT2D eigenvalue weighted by atomic mass is 32.1. The Morgan fingerprint density at radius 3 is 2.71 bits per heavy atom. The standard InChI is InChI=1S/C15H10FN3OS/c1-2-19-14(20)13(21-15(19)11(8-17)9-18)7-10-4-3-5-12(16)6-10/h3-7H,2H2,1H3/b13-7+. The summed E-state index contributed by atoms with van der Waals surface area (Å²) in [5.74, 6) is -0.391. The number of benzene rings is 1. The number of nitriles is 2. The molecule has 2 rings (SSSR count). The SMILES string of the molecule is CCn1c(=C(C#N)C#N)s/c(=C/c2cccc(F)c2)c1=O. The molecule has 0 radical (unpaired) electrons. The molecular formula is C15H10FN3OS. The third-order valence-electron chi connectivity index (χ3n) is 2.81. The van der Waals surface area contributed by atoms with Gasteiger partial charge in [0.2, 0.25) is 0 Å². The van der Waals surface area contributed by atoms with Gasteiger partial charge >= 0.3 is 0 Å². The third kappa shape index (κ3) is 2.91. The van der Waals surface area contributed by atoms with Gasteiger partial charge in [0.25, 0.3) is 5.56 Å². The van der Waals surface area contributed by atoms with Gasteiger partial charge in [0.1, 0.15) is 22.6 Å². The topological polar surface area (TPSA) is 69.6 Å². The second-order valence-corrected chi connectivity index (χ2v) is 5.15. The summed E-state index contributed by atoms with van der Waals surface area (Å²) in [5, 5.41) is 17.9. The van der Waals surface area contributed by atoms with Crippen LogP contribution in [0.15, 0.2) is 29.1 Å². The van der Waals surface area contributed by atoms with Crippen molar-refractivity contribution >= 4 is 23.0 Å². The Bertz CT molecular complexity index is 925. The first-order chi connectivity index (χ1) is 10.1. The Hall–Kier alpha value is -2.70. The largest absolute Gasteiger partial charge is 0.298 e. The van der Waals surface area contributed by atoms with Gasteiger partial charge in [-0.2, -0.15) is 10.5 Å². The van der Waals surface area contributed by atoms with Crippen LogP contribution >= 0.6 is 11.3 Å². The van der Waals surface area contributed by atoms with Gasteiger partial charge in [-0.05, 0) is 30.7 Å². The number of rotatable bonds is 2. The van der Waals surface area contributed by atoms with Crippen LogP contribution in [0, 0.1) is 28.5 Å². The first-order valence-corrected chi connectivity index (χ1v) is 6.93. The monoisotopic (exact) mass is 299 g/mol. The van der Waals surface area contributed by atoms with Crippen LogP contribution < -0.4 is 14.8 Å². The van der Waals surface area contributed by atoms with Crippen molar-refractivity contribution in [1.82, 2.24) is 4.57 Å². The number of hydrogen-bond acceptors (Lipinski definition) is 4. The summed E-state index contributed by atoms with van der Waals surface area (Å²) >= 11 is 1.06. The number of thiazole rings is 1. The van der Waals surface area contributed by atoms with E-state index in [1.54, 1.807) is 37.3 Å². The van der Waals surface area contributed by atoms with Gasteiger partial charge < -0.3 is 0 Å². The fraction of sp³-hybridized carbons (Fsp3) is 0.133. The number of hydrogen-bond donors (Lipinski definition) is 0. The maximum atomic E-state index is 13.2. The quantitative estimate of drug-likeness (QED) is 0.833. The van der Waals surface area contributed by atoms with Crippen molar-refractivity contribution in [3.63, 3.8) is 0 Å². The molecule has 0 amide bonds. The Kier molecular flexibility index (Phi) is 4.32. The molecule has 21 heavy (non-hydrogen) atoms. The first kappa shape index (κ1) is 14.7. The zero-order valence-electron chi connectivity index (χ0n) is 11.1.